The van der Waals surface area contributed by atoms with Crippen molar-refractivity contribution in [3.05, 3.63) is 71.4 Å². The van der Waals surface area contributed by atoms with Crippen LogP contribution in [0.4, 0.5) is 10.2 Å². The molecule has 0 bridgehead atoms. The van der Waals surface area contributed by atoms with Crippen molar-refractivity contribution in [3.8, 4) is 0 Å². The number of piperidine rings is 1. The van der Waals surface area contributed by atoms with E-state index in [9.17, 15) is 9.18 Å². The highest BCUT2D eigenvalue weighted by molar-refractivity contribution is 5.94. The first-order valence-corrected chi connectivity index (χ1v) is 9.60. The minimum Gasteiger partial charge on any atom is -0.354 e. The minimum absolute atomic E-state index is 0.0260. The standard InChI is InChI=1S/C21H23FN6O/c1-14-6-7-20(26-25-14)28-9-8-19(18(13-28)16-11-23-27(2)12-16)24-21(29)15-4-3-5-17(22)10-15/h3-7,10-12,18-19H,8-9,13H2,1-2H3,(H,24,29). The molecule has 0 saturated carbocycles. The van der Waals surface area contributed by atoms with Crippen molar-refractivity contribution >= 4 is 11.7 Å². The average Bonchev–Trinajstić information content (AvgIpc) is 3.15. The van der Waals surface area contributed by atoms with Crippen LogP contribution in [0, 0.1) is 12.7 Å². The monoisotopic (exact) mass is 394 g/mol. The van der Waals surface area contributed by atoms with Crippen LogP contribution in [-0.4, -0.2) is 45.0 Å². The molecule has 1 amide bonds. The highest BCUT2D eigenvalue weighted by atomic mass is 19.1. The van der Waals surface area contributed by atoms with Crippen LogP contribution in [0.5, 0.6) is 0 Å². The normalized spacial score (nSPS) is 19.2. The zero-order chi connectivity index (χ0) is 20.4. The fraction of sp³-hybridized carbons (Fsp3) is 0.333. The molecule has 1 saturated heterocycles. The second-order valence-electron chi connectivity index (χ2n) is 7.41. The fourth-order valence-electron chi connectivity index (χ4n) is 3.74. The van der Waals surface area contributed by atoms with Crippen molar-refractivity contribution in [2.24, 2.45) is 7.05 Å². The lowest BCUT2D eigenvalue weighted by Crippen LogP contribution is -2.50. The molecule has 1 N–H and O–H groups in total. The zero-order valence-corrected chi connectivity index (χ0v) is 16.4. The van der Waals surface area contributed by atoms with Crippen LogP contribution in [0.2, 0.25) is 0 Å². The number of amides is 1. The van der Waals surface area contributed by atoms with Crippen LogP contribution < -0.4 is 10.2 Å². The molecule has 0 radical (unpaired) electrons. The molecule has 1 fully saturated rings. The number of carbonyl (C=O) groups is 1. The van der Waals surface area contributed by atoms with Gasteiger partial charge in [-0.05, 0) is 49.2 Å². The Morgan fingerprint density at radius 2 is 2.10 bits per heavy atom. The second-order valence-corrected chi connectivity index (χ2v) is 7.41. The first kappa shape index (κ1) is 19.0. The number of nitrogens with zero attached hydrogens (tertiary/aromatic N) is 5. The number of anilines is 1. The molecule has 0 aliphatic carbocycles. The van der Waals surface area contributed by atoms with E-state index in [0.29, 0.717) is 12.1 Å². The van der Waals surface area contributed by atoms with E-state index in [2.05, 4.69) is 25.5 Å². The van der Waals surface area contributed by atoms with E-state index in [1.54, 1.807) is 16.8 Å². The van der Waals surface area contributed by atoms with Gasteiger partial charge in [0.15, 0.2) is 5.82 Å². The molecule has 8 heteroatoms. The van der Waals surface area contributed by atoms with Gasteiger partial charge in [-0.1, -0.05) is 6.07 Å². The summed E-state index contributed by atoms with van der Waals surface area (Å²) in [6, 6.07) is 9.57. The van der Waals surface area contributed by atoms with E-state index in [4.69, 9.17) is 0 Å². The highest BCUT2D eigenvalue weighted by Crippen LogP contribution is 2.29. The van der Waals surface area contributed by atoms with E-state index in [1.165, 1.54) is 12.1 Å². The zero-order valence-electron chi connectivity index (χ0n) is 16.4. The summed E-state index contributed by atoms with van der Waals surface area (Å²) < 4.78 is 15.3. The third-order valence-corrected chi connectivity index (χ3v) is 5.28. The number of carbonyl (C=O) groups excluding carboxylic acids is 1. The first-order chi connectivity index (χ1) is 14.0. The van der Waals surface area contributed by atoms with E-state index >= 15 is 0 Å². The molecular formula is C21H23FN6O. The van der Waals surface area contributed by atoms with Gasteiger partial charge in [-0.15, -0.1) is 5.10 Å². The van der Waals surface area contributed by atoms with E-state index in [0.717, 1.165) is 30.0 Å². The van der Waals surface area contributed by atoms with Gasteiger partial charge in [0.05, 0.1) is 11.9 Å². The Morgan fingerprint density at radius 1 is 1.24 bits per heavy atom. The van der Waals surface area contributed by atoms with Crippen LogP contribution in [0.25, 0.3) is 0 Å². The molecule has 2 unspecified atom stereocenters. The second kappa shape index (κ2) is 7.98. The van der Waals surface area contributed by atoms with Gasteiger partial charge in [0.1, 0.15) is 5.82 Å². The van der Waals surface area contributed by atoms with Crippen molar-refractivity contribution in [1.29, 1.82) is 0 Å². The third kappa shape index (κ3) is 4.26. The van der Waals surface area contributed by atoms with Crippen molar-refractivity contribution < 1.29 is 9.18 Å². The fourth-order valence-corrected chi connectivity index (χ4v) is 3.74. The third-order valence-electron chi connectivity index (χ3n) is 5.28. The number of hydrogen-bond donors (Lipinski definition) is 1. The van der Waals surface area contributed by atoms with Gasteiger partial charge in [0.2, 0.25) is 0 Å². The Labute approximate surface area is 168 Å². The molecule has 29 heavy (non-hydrogen) atoms. The summed E-state index contributed by atoms with van der Waals surface area (Å²) in [6.07, 6.45) is 4.53. The number of aromatic nitrogens is 4. The molecule has 2 aromatic heterocycles. The molecule has 1 aliphatic heterocycles. The summed E-state index contributed by atoms with van der Waals surface area (Å²) in [5.41, 5.74) is 2.23. The minimum atomic E-state index is -0.422. The number of halogens is 1. The summed E-state index contributed by atoms with van der Waals surface area (Å²) in [7, 11) is 1.87. The van der Waals surface area contributed by atoms with E-state index < -0.39 is 5.82 Å². The van der Waals surface area contributed by atoms with Gasteiger partial charge in [0.25, 0.3) is 5.91 Å². The van der Waals surface area contributed by atoms with Crippen LogP contribution in [-0.2, 0) is 7.05 Å². The topological polar surface area (TPSA) is 75.9 Å². The largest absolute Gasteiger partial charge is 0.354 e. The van der Waals surface area contributed by atoms with Crippen molar-refractivity contribution in [3.63, 3.8) is 0 Å². The van der Waals surface area contributed by atoms with Gasteiger partial charge in [-0.25, -0.2) is 4.39 Å². The van der Waals surface area contributed by atoms with Gasteiger partial charge in [-0.3, -0.25) is 9.48 Å². The number of nitrogens with one attached hydrogen (secondary N) is 1. The Bertz CT molecular complexity index is 1000. The van der Waals surface area contributed by atoms with E-state index in [-0.39, 0.29) is 17.9 Å². The van der Waals surface area contributed by atoms with Gasteiger partial charge in [0, 0.05) is 43.9 Å². The number of rotatable bonds is 4. The van der Waals surface area contributed by atoms with Crippen LogP contribution in [0.15, 0.2) is 48.8 Å². The molecule has 3 aromatic rings. The lowest BCUT2D eigenvalue weighted by molar-refractivity contribution is 0.0925. The Balaban J connectivity index is 1.56. The smallest absolute Gasteiger partial charge is 0.251 e. The molecule has 0 spiro atoms. The van der Waals surface area contributed by atoms with Crippen molar-refractivity contribution in [2.75, 3.05) is 18.0 Å². The number of aryl methyl sites for hydroxylation is 2. The van der Waals surface area contributed by atoms with Gasteiger partial charge >= 0.3 is 0 Å². The van der Waals surface area contributed by atoms with Crippen LogP contribution in [0.3, 0.4) is 0 Å². The Kier molecular flexibility index (Phi) is 5.24. The SMILES string of the molecule is Cc1ccc(N2CCC(NC(=O)c3cccc(F)c3)C(c3cnn(C)c3)C2)nn1. The molecule has 7 nitrogen and oxygen atoms in total. The summed E-state index contributed by atoms with van der Waals surface area (Å²) in [4.78, 5) is 14.9. The van der Waals surface area contributed by atoms with E-state index in [1.807, 2.05) is 38.5 Å². The quantitative estimate of drug-likeness (QED) is 0.736. The van der Waals surface area contributed by atoms with Crippen molar-refractivity contribution in [1.82, 2.24) is 25.3 Å². The first-order valence-electron chi connectivity index (χ1n) is 9.60. The average molecular weight is 394 g/mol. The Morgan fingerprint density at radius 3 is 2.79 bits per heavy atom. The lowest BCUT2D eigenvalue weighted by Gasteiger charge is -2.39. The molecule has 4 rings (SSSR count). The Hall–Kier alpha value is -3.29. The van der Waals surface area contributed by atoms with Crippen LogP contribution in [0.1, 0.15) is 34.0 Å². The molecule has 1 aliphatic rings. The van der Waals surface area contributed by atoms with Gasteiger partial charge in [-0.2, -0.15) is 10.2 Å². The molecule has 150 valence electrons. The summed E-state index contributed by atoms with van der Waals surface area (Å²) >= 11 is 0. The molecule has 2 atom stereocenters. The maximum atomic E-state index is 13.5. The predicted molar refractivity (Wildman–Crippen MR) is 107 cm³/mol. The molecule has 3 heterocycles. The summed E-state index contributed by atoms with van der Waals surface area (Å²) in [5.74, 6) is 0.152. The number of benzene rings is 1. The maximum Gasteiger partial charge on any atom is 0.251 e. The molecule has 1 aromatic carbocycles. The van der Waals surface area contributed by atoms with Crippen LogP contribution >= 0.6 is 0 Å². The number of hydrogen-bond acceptors (Lipinski definition) is 5. The predicted octanol–water partition coefficient (Wildman–Crippen LogP) is 2.45. The van der Waals surface area contributed by atoms with Gasteiger partial charge < -0.3 is 10.2 Å². The lowest BCUT2D eigenvalue weighted by atomic mass is 9.87. The highest BCUT2D eigenvalue weighted by Gasteiger charge is 2.33. The summed E-state index contributed by atoms with van der Waals surface area (Å²) in [5, 5.41) is 15.9. The van der Waals surface area contributed by atoms with Crippen molar-refractivity contribution in [2.45, 2.75) is 25.3 Å². The summed E-state index contributed by atoms with van der Waals surface area (Å²) in [6.45, 7) is 3.32. The molecular weight excluding hydrogens is 371 g/mol. The maximum absolute atomic E-state index is 13.5.